The number of ether oxygens (including phenoxy) is 2. The number of hydrogen-bond donors (Lipinski definition) is 1. The van der Waals surface area contributed by atoms with Crippen molar-refractivity contribution in [2.75, 3.05) is 59.6 Å². The normalized spacial score (nSPS) is 12.8. The SMILES string of the molecule is CN(C)c1ccc2nc3ccc(=[N+](C)C)cc-3sc2c1.CNc1ccc2nc3ccc(=[N+](C)C)cc-3sc2c1.O=C1OC2(c3ccccc31)c1cc(Br)c([O-])c(Br)c1Oc1c2cc(Br)c([O-])c1Br. The van der Waals surface area contributed by atoms with Gasteiger partial charge in [0.05, 0.1) is 56.1 Å². The van der Waals surface area contributed by atoms with Crippen LogP contribution in [0.4, 0.5) is 11.4 Å². The maximum absolute atomic E-state index is 12.8. The van der Waals surface area contributed by atoms with Gasteiger partial charge in [0.2, 0.25) is 10.7 Å². The molecule has 0 fully saturated rings. The van der Waals surface area contributed by atoms with E-state index in [0.29, 0.717) is 22.3 Å². The summed E-state index contributed by atoms with van der Waals surface area (Å²) in [6.45, 7) is 0. The minimum atomic E-state index is -1.38. The molecule has 0 aromatic heterocycles. The first-order chi connectivity index (χ1) is 32.5. The summed E-state index contributed by atoms with van der Waals surface area (Å²) in [5.41, 5.74) is 7.12. The summed E-state index contributed by atoms with van der Waals surface area (Å²) in [6, 6.07) is 35.7. The number of hydrogen-bond acceptors (Lipinski definition) is 11. The fourth-order valence-electron chi connectivity index (χ4n) is 7.96. The first-order valence-corrected chi connectivity index (χ1v) is 25.7. The van der Waals surface area contributed by atoms with E-state index in [1.807, 2.05) is 7.05 Å². The predicted molar refractivity (Wildman–Crippen MR) is 285 cm³/mol. The van der Waals surface area contributed by atoms with Gasteiger partial charge in [-0.25, -0.2) is 23.9 Å². The summed E-state index contributed by atoms with van der Waals surface area (Å²) >= 11 is 16.8. The van der Waals surface area contributed by atoms with Crippen LogP contribution in [0.5, 0.6) is 23.0 Å². The minimum Gasteiger partial charge on any atom is -0.871 e. The topological polar surface area (TPSA) is 129 Å². The molecule has 0 atom stereocenters. The molecular formula is C51H40Br4N6O5S2. The molecule has 0 bridgehead atoms. The highest BCUT2D eigenvalue weighted by Crippen LogP contribution is 2.62. The maximum atomic E-state index is 12.8. The molecule has 344 valence electrons. The number of carbonyl (C=O) groups excluding carboxylic acids is 1. The van der Waals surface area contributed by atoms with Gasteiger partial charge in [-0.2, -0.15) is 0 Å². The molecule has 1 spiro atoms. The summed E-state index contributed by atoms with van der Waals surface area (Å²) in [4.78, 5) is 26.8. The van der Waals surface area contributed by atoms with Crippen molar-refractivity contribution in [1.82, 2.24) is 19.1 Å². The number of nitrogens with zero attached hydrogens (tertiary/aromatic N) is 5. The average Bonchev–Trinajstić information content (AvgIpc) is 3.63. The zero-order valence-corrected chi connectivity index (χ0v) is 45.5. The third kappa shape index (κ3) is 8.55. The molecule has 5 aromatic carbocycles. The number of carbonyl (C=O) groups is 1. The summed E-state index contributed by atoms with van der Waals surface area (Å²) in [7, 11) is 14.3. The highest BCUT2D eigenvalue weighted by atomic mass is 79.9. The smallest absolute Gasteiger partial charge is 0.340 e. The van der Waals surface area contributed by atoms with E-state index in [1.54, 1.807) is 59.1 Å². The Hall–Kier alpha value is -5.43. The zero-order chi connectivity index (χ0) is 48.3. The van der Waals surface area contributed by atoms with Gasteiger partial charge < -0.3 is 29.9 Å². The molecule has 5 aromatic rings. The molecule has 11 nitrogen and oxygen atoms in total. The molecule has 6 aliphatic rings. The number of aromatic nitrogens is 2. The molecular weight excluding hydrogens is 1160 g/mol. The summed E-state index contributed by atoms with van der Waals surface area (Å²) in [5, 5.41) is 30.6. The van der Waals surface area contributed by atoms with Crippen LogP contribution in [0.1, 0.15) is 27.0 Å². The van der Waals surface area contributed by atoms with Gasteiger partial charge in [-0.1, -0.05) is 61.6 Å². The number of halogens is 4. The van der Waals surface area contributed by atoms with Crippen LogP contribution in [0.3, 0.4) is 0 Å². The lowest BCUT2D eigenvalue weighted by molar-refractivity contribution is -0.271. The van der Waals surface area contributed by atoms with Crippen LogP contribution in [0.25, 0.3) is 41.6 Å². The molecule has 0 saturated heterocycles. The lowest BCUT2D eigenvalue weighted by atomic mass is 9.77. The molecule has 2 aliphatic carbocycles. The van der Waals surface area contributed by atoms with Crippen molar-refractivity contribution in [2.24, 2.45) is 0 Å². The van der Waals surface area contributed by atoms with E-state index >= 15 is 0 Å². The van der Waals surface area contributed by atoms with Gasteiger partial charge in [-0.05, 0) is 98.6 Å². The lowest BCUT2D eigenvalue weighted by Gasteiger charge is -2.39. The van der Waals surface area contributed by atoms with Crippen LogP contribution >= 0.6 is 86.4 Å². The Morgan fingerprint density at radius 2 is 1.16 bits per heavy atom. The van der Waals surface area contributed by atoms with Gasteiger partial charge in [0, 0.05) is 82.4 Å². The van der Waals surface area contributed by atoms with Crippen molar-refractivity contribution in [2.45, 2.75) is 5.60 Å². The van der Waals surface area contributed by atoms with Crippen molar-refractivity contribution in [3.05, 3.63) is 160 Å². The van der Waals surface area contributed by atoms with Crippen LogP contribution in [0.2, 0.25) is 0 Å². The highest BCUT2D eigenvalue weighted by molar-refractivity contribution is 9.11. The molecule has 4 heterocycles. The number of fused-ring (bicyclic) bond motifs is 10. The second kappa shape index (κ2) is 18.8. The first kappa shape index (κ1) is 47.6. The van der Waals surface area contributed by atoms with Gasteiger partial charge >= 0.3 is 5.97 Å². The number of benzene rings is 7. The molecule has 0 radical (unpaired) electrons. The fraction of sp³-hybridized carbons (Fsp3) is 0.157. The predicted octanol–water partition coefficient (Wildman–Crippen LogP) is 10.4. The second-order valence-electron chi connectivity index (χ2n) is 16.5. The van der Waals surface area contributed by atoms with Gasteiger partial charge in [0.15, 0.2) is 5.60 Å². The average molecular weight is 1200 g/mol. The Morgan fingerprint density at radius 3 is 1.68 bits per heavy atom. The maximum Gasteiger partial charge on any atom is 0.340 e. The third-order valence-corrected chi connectivity index (χ3v) is 16.4. The van der Waals surface area contributed by atoms with Crippen molar-refractivity contribution >= 4 is 124 Å². The second-order valence-corrected chi connectivity index (χ2v) is 21.9. The molecule has 11 rings (SSSR count). The molecule has 68 heavy (non-hydrogen) atoms. The molecule has 4 aliphatic heterocycles. The van der Waals surface area contributed by atoms with E-state index in [2.05, 4.69) is 198 Å². The quantitative estimate of drug-likeness (QED) is 0.102. The van der Waals surface area contributed by atoms with Gasteiger partial charge in [-0.3, -0.25) is 0 Å². The number of nitrogens with one attached hydrogen (secondary N) is 1. The minimum absolute atomic E-state index is 0.162. The lowest BCUT2D eigenvalue weighted by Crippen LogP contribution is -2.33. The molecule has 0 unspecified atom stereocenters. The Balaban J connectivity index is 0.000000132. The van der Waals surface area contributed by atoms with E-state index in [-0.39, 0.29) is 40.9 Å². The Bertz CT molecular complexity index is 3540. The number of rotatable bonds is 2. The Kier molecular flexibility index (Phi) is 13.2. The third-order valence-electron chi connectivity index (χ3n) is 11.5. The van der Waals surface area contributed by atoms with Crippen molar-refractivity contribution in [3.8, 4) is 44.1 Å². The van der Waals surface area contributed by atoms with Gasteiger partial charge in [-0.15, -0.1) is 22.7 Å². The number of anilines is 2. The summed E-state index contributed by atoms with van der Waals surface area (Å²) in [5.74, 6) is -0.766. The first-order valence-electron chi connectivity index (χ1n) is 20.9. The van der Waals surface area contributed by atoms with Crippen molar-refractivity contribution < 1.29 is 24.5 Å². The van der Waals surface area contributed by atoms with Gasteiger partial charge in [0.1, 0.15) is 39.7 Å². The van der Waals surface area contributed by atoms with E-state index in [9.17, 15) is 15.0 Å². The van der Waals surface area contributed by atoms with Crippen molar-refractivity contribution in [1.29, 1.82) is 0 Å². The van der Waals surface area contributed by atoms with E-state index in [0.717, 1.165) is 28.1 Å². The van der Waals surface area contributed by atoms with Crippen LogP contribution < -0.4 is 45.0 Å². The van der Waals surface area contributed by atoms with Crippen LogP contribution in [0.15, 0.2) is 127 Å². The summed E-state index contributed by atoms with van der Waals surface area (Å²) in [6.07, 6.45) is 0. The molecule has 17 heteroatoms. The van der Waals surface area contributed by atoms with Crippen LogP contribution in [-0.4, -0.2) is 65.3 Å². The largest absolute Gasteiger partial charge is 0.871 e. The summed E-state index contributed by atoms with van der Waals surface area (Å²) < 4.78 is 19.6. The van der Waals surface area contributed by atoms with Crippen LogP contribution in [0, 0.1) is 0 Å². The highest BCUT2D eigenvalue weighted by Gasteiger charge is 2.54. The zero-order valence-electron chi connectivity index (χ0n) is 37.5. The standard InChI is InChI=1S/C20H8Br4O5.C16H18N3S.C15H15N3S/c21-11-5-9-17(13(23)15(11)25)28-18-10(6-12(22)16(26)14(18)24)20(9)8-4-2-1-3-7(8)19(27)29-20;1-18(2)11-5-7-13-15(9-11)20-16-10-12(19(3)4)6-8-14(16)17-13;1-16-10-4-6-12-14(8-10)19-15-9-11(18(2)3)5-7-13(15)17-12/h1-6,25-26H;5-10H,1-4H3;4-9H,1-3H3/q;+1;/p-1. The Morgan fingerprint density at radius 1 is 0.647 bits per heavy atom. The van der Waals surface area contributed by atoms with E-state index < -0.39 is 11.6 Å². The number of esters is 1. The van der Waals surface area contributed by atoms with Gasteiger partial charge in [0.25, 0.3) is 0 Å². The monoisotopic (exact) mass is 1200 g/mol. The van der Waals surface area contributed by atoms with Crippen molar-refractivity contribution in [3.63, 3.8) is 0 Å². The van der Waals surface area contributed by atoms with E-state index in [4.69, 9.17) is 19.4 Å². The molecule has 0 saturated carbocycles. The Labute approximate surface area is 433 Å². The molecule has 1 N–H and O–H groups in total. The van der Waals surface area contributed by atoms with E-state index in [1.165, 1.54) is 35.6 Å². The molecule has 0 amide bonds. The fourth-order valence-corrected chi connectivity index (χ4v) is 12.4. The van der Waals surface area contributed by atoms with Crippen LogP contribution in [-0.2, 0) is 10.3 Å².